The van der Waals surface area contributed by atoms with Crippen LogP contribution in [0.2, 0.25) is 0 Å². The number of amides is 1. The molecular formula is C13H19N3O3S. The van der Waals surface area contributed by atoms with Gasteiger partial charge in [0, 0.05) is 6.54 Å². The Bertz CT molecular complexity index is 601. The van der Waals surface area contributed by atoms with Crippen molar-refractivity contribution >= 4 is 21.6 Å². The first-order chi connectivity index (χ1) is 9.45. The standard InChI is InChI=1S/C13H19N3O3S/c1-9-7-15-8-10(9)13(17)16-11-5-3-4-6-12(11)20(18,19)14-2/h3-6,9-10,14-15H,7-8H2,1-2H3,(H,16,17)/t9-,10-/m1/s1. The number of para-hydroxylation sites is 1. The fourth-order valence-electron chi connectivity index (χ4n) is 2.30. The number of carbonyl (C=O) groups is 1. The van der Waals surface area contributed by atoms with Gasteiger partial charge in [-0.15, -0.1) is 0 Å². The van der Waals surface area contributed by atoms with E-state index < -0.39 is 10.0 Å². The van der Waals surface area contributed by atoms with Crippen molar-refractivity contribution in [3.8, 4) is 0 Å². The molecule has 0 spiro atoms. The lowest BCUT2D eigenvalue weighted by Gasteiger charge is -2.16. The predicted molar refractivity (Wildman–Crippen MR) is 76.8 cm³/mol. The highest BCUT2D eigenvalue weighted by molar-refractivity contribution is 7.89. The van der Waals surface area contributed by atoms with Gasteiger partial charge in [-0.3, -0.25) is 4.79 Å². The van der Waals surface area contributed by atoms with Gasteiger partial charge < -0.3 is 10.6 Å². The van der Waals surface area contributed by atoms with Crippen LogP contribution >= 0.6 is 0 Å². The van der Waals surface area contributed by atoms with Gasteiger partial charge in [0.2, 0.25) is 15.9 Å². The van der Waals surface area contributed by atoms with Crippen LogP contribution in [0.15, 0.2) is 29.2 Å². The van der Waals surface area contributed by atoms with Crippen LogP contribution in [-0.2, 0) is 14.8 Å². The summed E-state index contributed by atoms with van der Waals surface area (Å²) in [5, 5.41) is 5.88. The summed E-state index contributed by atoms with van der Waals surface area (Å²) in [5.41, 5.74) is 0.311. The van der Waals surface area contributed by atoms with Crippen molar-refractivity contribution in [2.24, 2.45) is 11.8 Å². The molecule has 1 aliphatic rings. The van der Waals surface area contributed by atoms with Crippen molar-refractivity contribution in [1.29, 1.82) is 0 Å². The molecule has 1 aromatic rings. The fourth-order valence-corrected chi connectivity index (χ4v) is 3.19. The number of hydrogen-bond donors (Lipinski definition) is 3. The van der Waals surface area contributed by atoms with Crippen molar-refractivity contribution in [2.45, 2.75) is 11.8 Å². The normalized spacial score (nSPS) is 22.7. The van der Waals surface area contributed by atoms with E-state index in [1.807, 2.05) is 6.92 Å². The molecule has 20 heavy (non-hydrogen) atoms. The van der Waals surface area contributed by atoms with Gasteiger partial charge in [0.15, 0.2) is 0 Å². The van der Waals surface area contributed by atoms with E-state index in [9.17, 15) is 13.2 Å². The molecule has 0 radical (unpaired) electrons. The highest BCUT2D eigenvalue weighted by Gasteiger charge is 2.30. The van der Waals surface area contributed by atoms with E-state index in [4.69, 9.17) is 0 Å². The molecule has 2 atom stereocenters. The van der Waals surface area contributed by atoms with Gasteiger partial charge in [0.25, 0.3) is 0 Å². The molecule has 0 unspecified atom stereocenters. The fraction of sp³-hybridized carbons (Fsp3) is 0.462. The maximum atomic E-state index is 12.2. The van der Waals surface area contributed by atoms with E-state index in [2.05, 4.69) is 15.4 Å². The Morgan fingerprint density at radius 2 is 2.00 bits per heavy atom. The molecule has 6 nitrogen and oxygen atoms in total. The maximum Gasteiger partial charge on any atom is 0.242 e. The zero-order chi connectivity index (χ0) is 14.8. The van der Waals surface area contributed by atoms with E-state index in [0.29, 0.717) is 12.2 Å². The number of benzene rings is 1. The minimum absolute atomic E-state index is 0.0782. The molecule has 1 saturated heterocycles. The number of hydrogen-bond acceptors (Lipinski definition) is 4. The van der Waals surface area contributed by atoms with Gasteiger partial charge in [0.1, 0.15) is 4.90 Å². The van der Waals surface area contributed by atoms with Crippen LogP contribution in [0.3, 0.4) is 0 Å². The second-order valence-corrected chi connectivity index (χ2v) is 6.79. The van der Waals surface area contributed by atoms with Gasteiger partial charge in [-0.1, -0.05) is 19.1 Å². The number of sulfonamides is 1. The first-order valence-corrected chi connectivity index (χ1v) is 7.98. The molecule has 7 heteroatoms. The average molecular weight is 297 g/mol. The second-order valence-electron chi connectivity index (χ2n) is 4.93. The number of anilines is 1. The molecule has 1 aliphatic heterocycles. The molecule has 0 saturated carbocycles. The van der Waals surface area contributed by atoms with Crippen LogP contribution in [0, 0.1) is 11.8 Å². The molecule has 3 N–H and O–H groups in total. The van der Waals surface area contributed by atoms with E-state index in [1.54, 1.807) is 18.2 Å². The van der Waals surface area contributed by atoms with E-state index in [0.717, 1.165) is 6.54 Å². The Morgan fingerprint density at radius 1 is 1.30 bits per heavy atom. The quantitative estimate of drug-likeness (QED) is 0.750. The van der Waals surface area contributed by atoms with E-state index >= 15 is 0 Å². The Balaban J connectivity index is 2.24. The number of nitrogens with one attached hydrogen (secondary N) is 3. The molecule has 2 rings (SSSR count). The molecule has 1 heterocycles. The van der Waals surface area contributed by atoms with Crippen LogP contribution in [0.25, 0.3) is 0 Å². The first kappa shape index (κ1) is 15.0. The summed E-state index contributed by atoms with van der Waals surface area (Å²) in [6.07, 6.45) is 0. The lowest BCUT2D eigenvalue weighted by molar-refractivity contribution is -0.120. The summed E-state index contributed by atoms with van der Waals surface area (Å²) in [4.78, 5) is 12.3. The highest BCUT2D eigenvalue weighted by atomic mass is 32.2. The largest absolute Gasteiger partial charge is 0.325 e. The Morgan fingerprint density at radius 3 is 2.60 bits per heavy atom. The Hall–Kier alpha value is -1.44. The number of rotatable bonds is 4. The van der Waals surface area contributed by atoms with Crippen LogP contribution in [-0.4, -0.2) is 34.5 Å². The van der Waals surface area contributed by atoms with Crippen molar-refractivity contribution in [3.05, 3.63) is 24.3 Å². The SMILES string of the molecule is CNS(=O)(=O)c1ccccc1NC(=O)[C@@H]1CNC[C@H]1C. The van der Waals surface area contributed by atoms with Crippen molar-refractivity contribution in [2.75, 3.05) is 25.5 Å². The van der Waals surface area contributed by atoms with Crippen molar-refractivity contribution in [1.82, 2.24) is 10.0 Å². The summed E-state index contributed by atoms with van der Waals surface area (Å²) >= 11 is 0. The predicted octanol–water partition coefficient (Wildman–Crippen LogP) is 0.389. The molecule has 1 aromatic carbocycles. The molecule has 0 aromatic heterocycles. The van der Waals surface area contributed by atoms with Gasteiger partial charge in [-0.05, 0) is 31.6 Å². The lowest BCUT2D eigenvalue weighted by atomic mass is 9.97. The van der Waals surface area contributed by atoms with Crippen LogP contribution in [0.5, 0.6) is 0 Å². The smallest absolute Gasteiger partial charge is 0.242 e. The Kier molecular flexibility index (Phi) is 4.42. The summed E-state index contributed by atoms with van der Waals surface area (Å²) in [6, 6.07) is 6.38. The zero-order valence-electron chi connectivity index (χ0n) is 11.5. The van der Waals surface area contributed by atoms with Crippen LogP contribution in [0.1, 0.15) is 6.92 Å². The Labute approximate surface area is 119 Å². The summed E-state index contributed by atoms with van der Waals surface area (Å²) in [5.74, 6) is -0.0512. The summed E-state index contributed by atoms with van der Waals surface area (Å²) in [6.45, 7) is 3.42. The molecule has 0 aliphatic carbocycles. The van der Waals surface area contributed by atoms with Gasteiger partial charge in [0.05, 0.1) is 11.6 Å². The third-order valence-electron chi connectivity index (χ3n) is 3.56. The minimum Gasteiger partial charge on any atom is -0.325 e. The van der Waals surface area contributed by atoms with Crippen molar-refractivity contribution in [3.63, 3.8) is 0 Å². The van der Waals surface area contributed by atoms with Gasteiger partial charge in [-0.2, -0.15) is 0 Å². The highest BCUT2D eigenvalue weighted by Crippen LogP contribution is 2.23. The zero-order valence-corrected chi connectivity index (χ0v) is 12.3. The van der Waals surface area contributed by atoms with E-state index in [-0.39, 0.29) is 22.6 Å². The minimum atomic E-state index is -3.59. The second kappa shape index (κ2) is 5.90. The van der Waals surface area contributed by atoms with Gasteiger partial charge >= 0.3 is 0 Å². The summed E-state index contributed by atoms with van der Waals surface area (Å²) in [7, 11) is -2.25. The maximum absolute atomic E-state index is 12.2. The molecule has 1 fully saturated rings. The van der Waals surface area contributed by atoms with Crippen LogP contribution < -0.4 is 15.4 Å². The molecule has 1 amide bonds. The van der Waals surface area contributed by atoms with Crippen LogP contribution in [0.4, 0.5) is 5.69 Å². The third-order valence-corrected chi connectivity index (χ3v) is 5.03. The number of carbonyl (C=O) groups excluding carboxylic acids is 1. The van der Waals surface area contributed by atoms with Gasteiger partial charge in [-0.25, -0.2) is 13.1 Å². The summed E-state index contributed by atoms with van der Waals surface area (Å²) < 4.78 is 26.1. The van der Waals surface area contributed by atoms with E-state index in [1.165, 1.54) is 13.1 Å². The van der Waals surface area contributed by atoms with Crippen molar-refractivity contribution < 1.29 is 13.2 Å². The molecule has 0 bridgehead atoms. The lowest BCUT2D eigenvalue weighted by Crippen LogP contribution is -2.29. The molecular weight excluding hydrogens is 278 g/mol. The monoisotopic (exact) mass is 297 g/mol. The third kappa shape index (κ3) is 3.00. The average Bonchev–Trinajstić information content (AvgIpc) is 2.85. The molecule has 110 valence electrons. The first-order valence-electron chi connectivity index (χ1n) is 6.50. The topological polar surface area (TPSA) is 87.3 Å².